The van der Waals surface area contributed by atoms with Crippen LogP contribution in [0.15, 0.2) is 194 Å². The Balaban J connectivity index is 1.18. The third kappa shape index (κ3) is 4.56. The molecular weight excluding hydrogens is 641 g/mol. The van der Waals surface area contributed by atoms with Gasteiger partial charge in [0.05, 0.1) is 16.7 Å². The molecule has 2 aromatic heterocycles. The van der Waals surface area contributed by atoms with E-state index < -0.39 is 0 Å². The Morgan fingerprint density at radius 1 is 0.340 bits per heavy atom. The Morgan fingerprint density at radius 2 is 0.943 bits per heavy atom. The normalized spacial score (nSPS) is 11.8. The van der Waals surface area contributed by atoms with Crippen molar-refractivity contribution in [2.24, 2.45) is 0 Å². The smallest absolute Gasteiger partial charge is 0.0572 e. The maximum absolute atomic E-state index is 4.58. The molecule has 2 nitrogen and oxygen atoms in total. The van der Waals surface area contributed by atoms with E-state index in [0.29, 0.717) is 0 Å². The monoisotopic (exact) mass is 672 g/mol. The predicted octanol–water partition coefficient (Wildman–Crippen LogP) is 13.8. The molecule has 53 heavy (non-hydrogen) atoms. The van der Waals surface area contributed by atoms with Crippen LogP contribution in [-0.4, -0.2) is 9.55 Å². The molecule has 0 atom stereocenters. The van der Waals surface area contributed by atoms with Gasteiger partial charge in [0.2, 0.25) is 0 Å². The lowest BCUT2D eigenvalue weighted by atomic mass is 9.84. The van der Waals surface area contributed by atoms with Crippen LogP contribution >= 0.6 is 0 Å². The molecule has 0 bridgehead atoms. The molecule has 0 saturated carbocycles. The largest absolute Gasteiger partial charge is 0.309 e. The van der Waals surface area contributed by atoms with Crippen molar-refractivity contribution in [3.8, 4) is 39.1 Å². The van der Waals surface area contributed by atoms with Crippen molar-refractivity contribution in [2.75, 3.05) is 0 Å². The molecule has 0 aliphatic rings. The van der Waals surface area contributed by atoms with E-state index >= 15 is 0 Å². The average Bonchev–Trinajstić information content (AvgIpc) is 3.56. The Kier molecular flexibility index (Phi) is 6.59. The van der Waals surface area contributed by atoms with Gasteiger partial charge in [0.15, 0.2) is 0 Å². The minimum atomic E-state index is 1.15. The Hall–Kier alpha value is -7.03. The molecular formula is C51H32N2. The van der Waals surface area contributed by atoms with Gasteiger partial charge in [-0.25, -0.2) is 0 Å². The Labute approximate surface area is 306 Å². The number of hydrogen-bond acceptors (Lipinski definition) is 1. The lowest BCUT2D eigenvalue weighted by Gasteiger charge is -2.20. The molecule has 0 amide bonds. The van der Waals surface area contributed by atoms with E-state index in [1.54, 1.807) is 0 Å². The molecule has 9 aromatic carbocycles. The summed E-state index contributed by atoms with van der Waals surface area (Å²) >= 11 is 0. The van der Waals surface area contributed by atoms with E-state index in [0.717, 1.165) is 16.6 Å². The first kappa shape index (κ1) is 29.7. The number of fused-ring (bicyclic) bond motifs is 7. The van der Waals surface area contributed by atoms with Gasteiger partial charge in [-0.1, -0.05) is 152 Å². The zero-order chi connectivity index (χ0) is 34.9. The average molecular weight is 673 g/mol. The molecule has 0 aliphatic heterocycles. The molecule has 11 rings (SSSR count). The van der Waals surface area contributed by atoms with E-state index in [1.165, 1.54) is 87.4 Å². The highest BCUT2D eigenvalue weighted by molar-refractivity contribution is 6.24. The highest BCUT2D eigenvalue weighted by atomic mass is 15.0. The van der Waals surface area contributed by atoms with Crippen LogP contribution in [0.1, 0.15) is 0 Å². The second-order valence-corrected chi connectivity index (χ2v) is 13.9. The number of hydrogen-bond donors (Lipinski definition) is 0. The Bertz CT molecular complexity index is 3170. The van der Waals surface area contributed by atoms with Gasteiger partial charge >= 0.3 is 0 Å². The molecule has 0 radical (unpaired) electrons. The molecule has 0 fully saturated rings. The van der Waals surface area contributed by atoms with Crippen molar-refractivity contribution < 1.29 is 0 Å². The summed E-state index contributed by atoms with van der Waals surface area (Å²) in [6, 6.07) is 66.6. The summed E-state index contributed by atoms with van der Waals surface area (Å²) in [6.07, 6.45) is 3.91. The molecule has 11 aromatic rings. The van der Waals surface area contributed by atoms with Gasteiger partial charge in [0.1, 0.15) is 0 Å². The zero-order valence-electron chi connectivity index (χ0n) is 28.9. The van der Waals surface area contributed by atoms with Crippen LogP contribution < -0.4 is 0 Å². The fraction of sp³-hybridized carbons (Fsp3) is 0. The van der Waals surface area contributed by atoms with Crippen molar-refractivity contribution in [1.29, 1.82) is 0 Å². The second-order valence-electron chi connectivity index (χ2n) is 13.9. The summed E-state index contributed by atoms with van der Waals surface area (Å²) < 4.78 is 2.42. The van der Waals surface area contributed by atoms with Crippen LogP contribution in [-0.2, 0) is 0 Å². The second kappa shape index (κ2) is 11.8. The van der Waals surface area contributed by atoms with Crippen LogP contribution in [0.3, 0.4) is 0 Å². The van der Waals surface area contributed by atoms with E-state index in [-0.39, 0.29) is 0 Å². The maximum atomic E-state index is 4.58. The molecule has 0 N–H and O–H groups in total. The lowest BCUT2D eigenvalue weighted by Crippen LogP contribution is -1.97. The SMILES string of the molecule is c1ccc(-c2ccc3c(c2)c2cnccc2n3-c2ccc(-c3c4ccccc4c(-c4ccc5ccccc5c4)c4ccccc34)c3ccccc23)cc1. The summed E-state index contributed by atoms with van der Waals surface area (Å²) in [5, 5.41) is 12.3. The van der Waals surface area contributed by atoms with Gasteiger partial charge in [-0.05, 0) is 101 Å². The summed E-state index contributed by atoms with van der Waals surface area (Å²) in [4.78, 5) is 4.58. The third-order valence-electron chi connectivity index (χ3n) is 11.1. The molecule has 0 saturated heterocycles. The van der Waals surface area contributed by atoms with Crippen LogP contribution in [0.4, 0.5) is 0 Å². The van der Waals surface area contributed by atoms with Crippen LogP contribution in [0.2, 0.25) is 0 Å². The molecule has 246 valence electrons. The third-order valence-corrected chi connectivity index (χ3v) is 11.1. The van der Waals surface area contributed by atoms with Crippen LogP contribution in [0.25, 0.3) is 104 Å². The fourth-order valence-corrected chi connectivity index (χ4v) is 8.71. The first-order valence-electron chi connectivity index (χ1n) is 18.2. The quantitative estimate of drug-likeness (QED) is 0.170. The molecule has 0 unspecified atom stereocenters. The highest BCUT2D eigenvalue weighted by Crippen LogP contribution is 2.47. The van der Waals surface area contributed by atoms with Crippen molar-refractivity contribution >= 4 is 64.9 Å². The minimum Gasteiger partial charge on any atom is -0.309 e. The van der Waals surface area contributed by atoms with Crippen molar-refractivity contribution in [2.45, 2.75) is 0 Å². The van der Waals surface area contributed by atoms with Gasteiger partial charge in [-0.15, -0.1) is 0 Å². The van der Waals surface area contributed by atoms with Crippen molar-refractivity contribution in [3.05, 3.63) is 194 Å². The van der Waals surface area contributed by atoms with E-state index in [2.05, 4.69) is 192 Å². The number of rotatable bonds is 4. The topological polar surface area (TPSA) is 17.8 Å². The predicted molar refractivity (Wildman–Crippen MR) is 225 cm³/mol. The van der Waals surface area contributed by atoms with E-state index in [4.69, 9.17) is 0 Å². The lowest BCUT2D eigenvalue weighted by molar-refractivity contribution is 1.19. The first-order chi connectivity index (χ1) is 26.3. The fourth-order valence-electron chi connectivity index (χ4n) is 8.71. The maximum Gasteiger partial charge on any atom is 0.0572 e. The van der Waals surface area contributed by atoms with Crippen LogP contribution in [0, 0.1) is 0 Å². The van der Waals surface area contributed by atoms with Crippen molar-refractivity contribution in [1.82, 2.24) is 9.55 Å². The highest BCUT2D eigenvalue weighted by Gasteiger charge is 2.21. The summed E-state index contributed by atoms with van der Waals surface area (Å²) in [6.45, 7) is 0. The number of aromatic nitrogens is 2. The summed E-state index contributed by atoms with van der Waals surface area (Å²) in [7, 11) is 0. The molecule has 2 heterocycles. The number of nitrogens with zero attached hydrogens (tertiary/aromatic N) is 2. The molecule has 0 aliphatic carbocycles. The molecule has 0 spiro atoms. The standard InChI is InChI=1S/C51H32N2/c1-2-12-33(13-3-1)36-24-26-48-45(31-36)46-32-52-29-28-49(46)53(48)47-27-25-44(38-16-6-7-17-39(38)47)51-42-20-10-8-18-40(42)50(41-19-9-11-21-43(41)51)37-23-22-34-14-4-5-15-35(34)30-37/h1-32H. The van der Waals surface area contributed by atoms with Gasteiger partial charge in [0.25, 0.3) is 0 Å². The number of benzene rings is 9. The summed E-state index contributed by atoms with van der Waals surface area (Å²) in [5.41, 5.74) is 10.9. The van der Waals surface area contributed by atoms with Gasteiger partial charge in [0, 0.05) is 28.6 Å². The van der Waals surface area contributed by atoms with Crippen LogP contribution in [0.5, 0.6) is 0 Å². The van der Waals surface area contributed by atoms with E-state index in [9.17, 15) is 0 Å². The van der Waals surface area contributed by atoms with Gasteiger partial charge in [-0.3, -0.25) is 4.98 Å². The first-order valence-corrected chi connectivity index (χ1v) is 18.2. The van der Waals surface area contributed by atoms with Gasteiger partial charge in [-0.2, -0.15) is 0 Å². The molecule has 2 heteroatoms. The summed E-state index contributed by atoms with van der Waals surface area (Å²) in [5.74, 6) is 0. The minimum absolute atomic E-state index is 1.15. The van der Waals surface area contributed by atoms with Gasteiger partial charge < -0.3 is 4.57 Å². The number of pyridine rings is 1. The van der Waals surface area contributed by atoms with Crippen molar-refractivity contribution in [3.63, 3.8) is 0 Å². The van der Waals surface area contributed by atoms with E-state index in [1.807, 2.05) is 12.4 Å². The Morgan fingerprint density at radius 3 is 1.70 bits per heavy atom. The zero-order valence-corrected chi connectivity index (χ0v) is 28.9.